The molecule has 1 aromatic rings. The second-order valence-corrected chi connectivity index (χ2v) is 5.60. The van der Waals surface area contributed by atoms with Crippen molar-refractivity contribution in [1.82, 2.24) is 4.98 Å². The molecule has 0 spiro atoms. The van der Waals surface area contributed by atoms with Gasteiger partial charge in [-0.15, -0.1) is 0 Å². The van der Waals surface area contributed by atoms with Gasteiger partial charge in [0.05, 0.1) is 6.10 Å². The van der Waals surface area contributed by atoms with E-state index < -0.39 is 0 Å². The molecule has 2 heteroatoms. The Labute approximate surface area is 98.0 Å². The van der Waals surface area contributed by atoms with Gasteiger partial charge in [-0.25, -0.2) is 0 Å². The summed E-state index contributed by atoms with van der Waals surface area (Å²) in [6.45, 7) is 8.71. The molecule has 1 aromatic heterocycles. The number of pyridine rings is 1. The van der Waals surface area contributed by atoms with Gasteiger partial charge >= 0.3 is 0 Å². The van der Waals surface area contributed by atoms with Crippen LogP contribution in [0.4, 0.5) is 0 Å². The summed E-state index contributed by atoms with van der Waals surface area (Å²) in [5, 5.41) is 0. The van der Waals surface area contributed by atoms with E-state index in [-0.39, 0.29) is 5.41 Å². The number of hydrogen-bond acceptors (Lipinski definition) is 2. The summed E-state index contributed by atoms with van der Waals surface area (Å²) < 4.78 is 5.86. The predicted octanol–water partition coefficient (Wildman–Crippen LogP) is 3.48. The fraction of sp³-hybridized carbons (Fsp3) is 0.643. The van der Waals surface area contributed by atoms with Crippen LogP contribution in [0.3, 0.4) is 0 Å². The molecule has 0 amide bonds. The topological polar surface area (TPSA) is 22.1 Å². The van der Waals surface area contributed by atoms with Crippen LogP contribution in [0, 0.1) is 0 Å². The fourth-order valence-corrected chi connectivity index (χ4v) is 1.57. The van der Waals surface area contributed by atoms with E-state index in [0.717, 1.165) is 23.6 Å². The van der Waals surface area contributed by atoms with Crippen LogP contribution < -0.4 is 4.74 Å². The molecule has 0 radical (unpaired) electrons. The molecule has 1 heterocycles. The molecule has 1 fully saturated rings. The summed E-state index contributed by atoms with van der Waals surface area (Å²) in [5.74, 6) is 0.999. The first-order valence-electron chi connectivity index (χ1n) is 6.17. The third kappa shape index (κ3) is 2.75. The molecule has 0 aliphatic heterocycles. The van der Waals surface area contributed by atoms with E-state index in [2.05, 4.69) is 44.8 Å². The van der Waals surface area contributed by atoms with E-state index >= 15 is 0 Å². The largest absolute Gasteiger partial charge is 0.490 e. The van der Waals surface area contributed by atoms with Crippen molar-refractivity contribution in [3.63, 3.8) is 0 Å². The first-order chi connectivity index (χ1) is 7.49. The zero-order valence-electron chi connectivity index (χ0n) is 10.7. The number of aryl methyl sites for hydroxylation is 1. The lowest BCUT2D eigenvalue weighted by atomic mass is 9.91. The van der Waals surface area contributed by atoms with E-state index in [1.807, 2.05) is 0 Å². The van der Waals surface area contributed by atoms with Gasteiger partial charge in [0.2, 0.25) is 0 Å². The Morgan fingerprint density at radius 3 is 2.50 bits per heavy atom. The van der Waals surface area contributed by atoms with E-state index in [4.69, 9.17) is 4.74 Å². The van der Waals surface area contributed by atoms with Crippen molar-refractivity contribution in [2.75, 3.05) is 0 Å². The van der Waals surface area contributed by atoms with E-state index in [1.165, 1.54) is 12.8 Å². The van der Waals surface area contributed by atoms with Crippen LogP contribution in [0.1, 0.15) is 51.9 Å². The molecule has 16 heavy (non-hydrogen) atoms. The normalized spacial score (nSPS) is 16.2. The van der Waals surface area contributed by atoms with Crippen molar-refractivity contribution in [1.29, 1.82) is 0 Å². The SMILES string of the molecule is CCc1cc(OC2CC2)cc(C(C)(C)C)n1. The Bertz CT molecular complexity index is 375. The van der Waals surface area contributed by atoms with Crippen molar-refractivity contribution < 1.29 is 4.74 Å². The molecule has 0 bridgehead atoms. The standard InChI is InChI=1S/C14H21NO/c1-5-10-8-12(16-11-6-7-11)9-13(15-10)14(2,3)4/h8-9,11H,5-7H2,1-4H3. The second kappa shape index (κ2) is 4.08. The highest BCUT2D eigenvalue weighted by atomic mass is 16.5. The maximum absolute atomic E-state index is 5.86. The van der Waals surface area contributed by atoms with Gasteiger partial charge in [0.25, 0.3) is 0 Å². The Kier molecular flexibility index (Phi) is 2.92. The van der Waals surface area contributed by atoms with Crippen molar-refractivity contribution in [3.05, 3.63) is 23.5 Å². The van der Waals surface area contributed by atoms with Crippen LogP contribution in [-0.4, -0.2) is 11.1 Å². The molecule has 1 aliphatic rings. The van der Waals surface area contributed by atoms with Crippen LogP contribution in [0.2, 0.25) is 0 Å². The van der Waals surface area contributed by atoms with E-state index in [0.29, 0.717) is 6.10 Å². The molecule has 0 aromatic carbocycles. The van der Waals surface area contributed by atoms with Crippen LogP contribution in [-0.2, 0) is 11.8 Å². The molecule has 1 aliphatic carbocycles. The van der Waals surface area contributed by atoms with Crippen molar-refractivity contribution in [3.8, 4) is 5.75 Å². The summed E-state index contributed by atoms with van der Waals surface area (Å²) in [7, 11) is 0. The molecule has 0 unspecified atom stereocenters. The Morgan fingerprint density at radius 1 is 1.31 bits per heavy atom. The Balaban J connectivity index is 2.29. The van der Waals surface area contributed by atoms with Gasteiger partial charge in [-0.2, -0.15) is 0 Å². The number of nitrogens with zero attached hydrogens (tertiary/aromatic N) is 1. The maximum Gasteiger partial charge on any atom is 0.123 e. The molecule has 2 nitrogen and oxygen atoms in total. The van der Waals surface area contributed by atoms with Crippen LogP contribution in [0.15, 0.2) is 12.1 Å². The molecular weight excluding hydrogens is 198 g/mol. The van der Waals surface area contributed by atoms with Gasteiger partial charge in [-0.05, 0) is 19.3 Å². The monoisotopic (exact) mass is 219 g/mol. The maximum atomic E-state index is 5.86. The van der Waals surface area contributed by atoms with Crippen molar-refractivity contribution in [2.24, 2.45) is 0 Å². The van der Waals surface area contributed by atoms with E-state index in [1.54, 1.807) is 0 Å². The van der Waals surface area contributed by atoms with Crippen molar-refractivity contribution in [2.45, 2.75) is 58.5 Å². The Hall–Kier alpha value is -1.05. The number of rotatable bonds is 3. The molecular formula is C14H21NO. The van der Waals surface area contributed by atoms with Crippen LogP contribution >= 0.6 is 0 Å². The molecule has 0 atom stereocenters. The summed E-state index contributed by atoms with van der Waals surface area (Å²) in [4.78, 5) is 4.67. The number of ether oxygens (including phenoxy) is 1. The lowest BCUT2D eigenvalue weighted by molar-refractivity contribution is 0.301. The van der Waals surface area contributed by atoms with Gasteiger partial charge in [-0.3, -0.25) is 4.98 Å². The first kappa shape index (κ1) is 11.4. The summed E-state index contributed by atoms with van der Waals surface area (Å²) in [6, 6.07) is 4.17. The van der Waals surface area contributed by atoms with Crippen molar-refractivity contribution >= 4 is 0 Å². The second-order valence-electron chi connectivity index (χ2n) is 5.60. The highest BCUT2D eigenvalue weighted by molar-refractivity contribution is 5.31. The highest BCUT2D eigenvalue weighted by Gasteiger charge is 2.25. The zero-order chi connectivity index (χ0) is 11.8. The van der Waals surface area contributed by atoms with Gasteiger partial charge in [0.1, 0.15) is 5.75 Å². The van der Waals surface area contributed by atoms with Gasteiger partial charge in [0.15, 0.2) is 0 Å². The van der Waals surface area contributed by atoms with Gasteiger partial charge in [-0.1, -0.05) is 27.7 Å². The van der Waals surface area contributed by atoms with Gasteiger partial charge < -0.3 is 4.74 Å². The summed E-state index contributed by atoms with van der Waals surface area (Å²) >= 11 is 0. The first-order valence-corrected chi connectivity index (χ1v) is 6.17. The average molecular weight is 219 g/mol. The van der Waals surface area contributed by atoms with Crippen LogP contribution in [0.25, 0.3) is 0 Å². The van der Waals surface area contributed by atoms with E-state index in [9.17, 15) is 0 Å². The fourth-order valence-electron chi connectivity index (χ4n) is 1.57. The smallest absolute Gasteiger partial charge is 0.123 e. The molecule has 0 saturated heterocycles. The quantitative estimate of drug-likeness (QED) is 0.776. The molecule has 1 saturated carbocycles. The highest BCUT2D eigenvalue weighted by Crippen LogP contribution is 2.30. The molecule has 0 N–H and O–H groups in total. The minimum Gasteiger partial charge on any atom is -0.490 e. The average Bonchev–Trinajstić information content (AvgIpc) is 3.00. The lowest BCUT2D eigenvalue weighted by Gasteiger charge is -2.19. The minimum absolute atomic E-state index is 0.0901. The Morgan fingerprint density at radius 2 is 2.00 bits per heavy atom. The van der Waals surface area contributed by atoms with Crippen LogP contribution in [0.5, 0.6) is 5.75 Å². The zero-order valence-corrected chi connectivity index (χ0v) is 10.7. The molecule has 2 rings (SSSR count). The lowest BCUT2D eigenvalue weighted by Crippen LogP contribution is -2.15. The third-order valence-electron chi connectivity index (χ3n) is 2.81. The number of hydrogen-bond donors (Lipinski definition) is 0. The summed E-state index contributed by atoms with van der Waals surface area (Å²) in [6.07, 6.45) is 3.83. The molecule has 88 valence electrons. The minimum atomic E-state index is 0.0901. The van der Waals surface area contributed by atoms with Gasteiger partial charge in [0, 0.05) is 28.9 Å². The number of aromatic nitrogens is 1. The predicted molar refractivity (Wildman–Crippen MR) is 66.0 cm³/mol. The summed E-state index contributed by atoms with van der Waals surface area (Å²) in [5.41, 5.74) is 2.35. The third-order valence-corrected chi connectivity index (χ3v) is 2.81.